The fraction of sp³-hybridized carbons (Fsp3) is 0.0385. The molecule has 9 heteroatoms. The summed E-state index contributed by atoms with van der Waals surface area (Å²) < 4.78 is 1.88. The number of carbonyl (C=O) groups is 2. The van der Waals surface area contributed by atoms with E-state index in [9.17, 15) is 9.59 Å². The van der Waals surface area contributed by atoms with E-state index in [-0.39, 0.29) is 11.5 Å². The minimum atomic E-state index is -0.973. The number of rotatable bonds is 7. The molecule has 0 saturated heterocycles. The summed E-state index contributed by atoms with van der Waals surface area (Å²) in [5, 5.41) is 15.2. The number of aromatic carboxylic acids is 1. The fourth-order valence-corrected chi connectivity index (χ4v) is 3.63. The lowest BCUT2D eigenvalue weighted by atomic mass is 10.1. The van der Waals surface area contributed by atoms with Gasteiger partial charge in [-0.1, -0.05) is 18.2 Å². The smallest absolute Gasteiger partial charge is 0.335 e. The Balaban J connectivity index is 1.32. The average Bonchev–Trinajstić information content (AvgIpc) is 3.39. The number of benzene rings is 2. The van der Waals surface area contributed by atoms with Gasteiger partial charge in [-0.05, 0) is 48.0 Å². The zero-order valence-electron chi connectivity index (χ0n) is 18.4. The van der Waals surface area contributed by atoms with Gasteiger partial charge in [0.05, 0.1) is 17.5 Å². The van der Waals surface area contributed by atoms with Crippen molar-refractivity contribution in [2.24, 2.45) is 0 Å². The second-order valence-electron chi connectivity index (χ2n) is 7.74. The van der Waals surface area contributed by atoms with Crippen LogP contribution in [0.4, 0.5) is 11.5 Å². The number of carboxylic acid groups (broad SMARTS) is 1. The van der Waals surface area contributed by atoms with Crippen molar-refractivity contribution in [1.29, 1.82) is 0 Å². The van der Waals surface area contributed by atoms with Crippen molar-refractivity contribution in [3.63, 3.8) is 0 Å². The van der Waals surface area contributed by atoms with Gasteiger partial charge in [-0.15, -0.1) is 0 Å². The van der Waals surface area contributed by atoms with Gasteiger partial charge in [0.2, 0.25) is 0 Å². The van der Waals surface area contributed by atoms with Gasteiger partial charge >= 0.3 is 5.97 Å². The average molecular weight is 464 g/mol. The Morgan fingerprint density at radius 2 is 1.66 bits per heavy atom. The molecular formula is C26H20N6O3. The van der Waals surface area contributed by atoms with Crippen molar-refractivity contribution in [3.8, 4) is 11.3 Å². The van der Waals surface area contributed by atoms with Gasteiger partial charge in [0.15, 0.2) is 11.5 Å². The predicted molar refractivity (Wildman–Crippen MR) is 131 cm³/mol. The molecule has 0 aliphatic heterocycles. The van der Waals surface area contributed by atoms with E-state index in [4.69, 9.17) is 5.11 Å². The van der Waals surface area contributed by atoms with E-state index in [1.165, 1.54) is 0 Å². The number of nitrogens with one attached hydrogen (secondary N) is 2. The van der Waals surface area contributed by atoms with Gasteiger partial charge in [0.25, 0.3) is 5.91 Å². The van der Waals surface area contributed by atoms with Crippen LogP contribution in [-0.2, 0) is 6.54 Å². The van der Waals surface area contributed by atoms with Crippen LogP contribution in [0.15, 0.2) is 91.6 Å². The monoisotopic (exact) mass is 464 g/mol. The molecule has 3 N–H and O–H groups in total. The summed E-state index contributed by atoms with van der Waals surface area (Å²) in [5.41, 5.74) is 4.65. The summed E-state index contributed by atoms with van der Waals surface area (Å²) in [4.78, 5) is 36.6. The van der Waals surface area contributed by atoms with Crippen LogP contribution in [0.5, 0.6) is 0 Å². The first-order valence-corrected chi connectivity index (χ1v) is 10.8. The molecule has 0 spiro atoms. The molecule has 9 nitrogen and oxygen atoms in total. The summed E-state index contributed by atoms with van der Waals surface area (Å²) in [6.45, 7) is 0.403. The van der Waals surface area contributed by atoms with E-state index in [0.29, 0.717) is 23.6 Å². The molecule has 0 atom stereocenters. The standard InChI is InChI=1S/C26H20N6O3/c33-25(30-15-17-2-1-11-27-14-17)19-7-9-21(10-8-19)31-23-24-28-12-13-32(24)22(16-29-23)18-3-5-20(6-4-18)26(34)35/h1-14,16H,15H2,(H,29,31)(H,30,33)(H,34,35). The van der Waals surface area contributed by atoms with Crippen LogP contribution >= 0.6 is 0 Å². The second-order valence-corrected chi connectivity index (χ2v) is 7.74. The maximum absolute atomic E-state index is 12.4. The van der Waals surface area contributed by atoms with E-state index < -0.39 is 5.97 Å². The molecule has 5 aromatic rings. The molecule has 1 amide bonds. The molecule has 0 saturated carbocycles. The molecule has 0 unspecified atom stereocenters. The largest absolute Gasteiger partial charge is 0.478 e. The third kappa shape index (κ3) is 4.69. The quantitative estimate of drug-likeness (QED) is 0.331. The van der Waals surface area contributed by atoms with Crippen molar-refractivity contribution < 1.29 is 14.7 Å². The number of pyridine rings is 1. The number of imidazole rings is 1. The van der Waals surface area contributed by atoms with Crippen LogP contribution in [0, 0.1) is 0 Å². The Morgan fingerprint density at radius 1 is 0.886 bits per heavy atom. The van der Waals surface area contributed by atoms with Crippen molar-refractivity contribution >= 4 is 29.0 Å². The molecule has 0 radical (unpaired) electrons. The first-order chi connectivity index (χ1) is 17.1. The van der Waals surface area contributed by atoms with E-state index in [1.54, 1.807) is 73.3 Å². The normalized spacial score (nSPS) is 10.7. The molecule has 0 bridgehead atoms. The van der Waals surface area contributed by atoms with Gasteiger partial charge in [0.1, 0.15) is 0 Å². The van der Waals surface area contributed by atoms with Gasteiger partial charge in [-0.2, -0.15) is 0 Å². The highest BCUT2D eigenvalue weighted by Gasteiger charge is 2.12. The number of hydrogen-bond acceptors (Lipinski definition) is 6. The maximum Gasteiger partial charge on any atom is 0.335 e. The number of carboxylic acids is 1. The molecule has 172 valence electrons. The molecule has 0 fully saturated rings. The Morgan fingerprint density at radius 3 is 2.37 bits per heavy atom. The molecule has 0 aliphatic rings. The lowest BCUT2D eigenvalue weighted by Gasteiger charge is -2.11. The van der Waals surface area contributed by atoms with E-state index in [1.807, 2.05) is 22.7 Å². The molecule has 3 aromatic heterocycles. The highest BCUT2D eigenvalue weighted by molar-refractivity contribution is 5.94. The van der Waals surface area contributed by atoms with Crippen LogP contribution in [0.3, 0.4) is 0 Å². The number of aromatic nitrogens is 4. The third-order valence-corrected chi connectivity index (χ3v) is 5.44. The van der Waals surface area contributed by atoms with E-state index >= 15 is 0 Å². The lowest BCUT2D eigenvalue weighted by Crippen LogP contribution is -2.22. The Labute approximate surface area is 200 Å². The number of fused-ring (bicyclic) bond motifs is 1. The van der Waals surface area contributed by atoms with Gasteiger partial charge in [0, 0.05) is 48.1 Å². The fourth-order valence-electron chi connectivity index (χ4n) is 3.63. The van der Waals surface area contributed by atoms with Crippen LogP contribution < -0.4 is 10.6 Å². The van der Waals surface area contributed by atoms with Gasteiger partial charge < -0.3 is 15.7 Å². The summed E-state index contributed by atoms with van der Waals surface area (Å²) in [6.07, 6.45) is 8.60. The first-order valence-electron chi connectivity index (χ1n) is 10.8. The molecule has 35 heavy (non-hydrogen) atoms. The summed E-state index contributed by atoms with van der Waals surface area (Å²) in [5.74, 6) is -0.596. The topological polar surface area (TPSA) is 122 Å². The summed E-state index contributed by atoms with van der Waals surface area (Å²) in [6, 6.07) is 17.4. The molecule has 2 aromatic carbocycles. The van der Waals surface area contributed by atoms with Crippen molar-refractivity contribution in [2.45, 2.75) is 6.54 Å². The van der Waals surface area contributed by atoms with Crippen molar-refractivity contribution in [1.82, 2.24) is 24.7 Å². The SMILES string of the molecule is O=C(O)c1ccc(-c2cnc(Nc3ccc(C(=O)NCc4cccnc4)cc3)c3nccn23)cc1. The van der Waals surface area contributed by atoms with Crippen molar-refractivity contribution in [3.05, 3.63) is 108 Å². The Kier molecular flexibility index (Phi) is 5.87. The van der Waals surface area contributed by atoms with Gasteiger partial charge in [-0.25, -0.2) is 14.8 Å². The number of anilines is 2. The van der Waals surface area contributed by atoms with Crippen LogP contribution in [0.2, 0.25) is 0 Å². The summed E-state index contributed by atoms with van der Waals surface area (Å²) >= 11 is 0. The minimum absolute atomic E-state index is 0.174. The highest BCUT2D eigenvalue weighted by atomic mass is 16.4. The maximum atomic E-state index is 12.4. The first kappa shape index (κ1) is 21.8. The Hall–Kier alpha value is -5.05. The molecule has 5 rings (SSSR count). The number of hydrogen-bond donors (Lipinski definition) is 3. The van der Waals surface area contributed by atoms with Crippen LogP contribution in [0.25, 0.3) is 16.9 Å². The zero-order chi connectivity index (χ0) is 24.2. The van der Waals surface area contributed by atoms with Crippen LogP contribution in [0.1, 0.15) is 26.3 Å². The predicted octanol–water partition coefficient (Wildman–Crippen LogP) is 4.16. The number of nitrogens with zero attached hydrogens (tertiary/aromatic N) is 4. The highest BCUT2D eigenvalue weighted by Crippen LogP contribution is 2.25. The minimum Gasteiger partial charge on any atom is -0.478 e. The van der Waals surface area contributed by atoms with E-state index in [0.717, 1.165) is 22.5 Å². The van der Waals surface area contributed by atoms with Gasteiger partial charge in [-0.3, -0.25) is 14.2 Å². The molecule has 0 aliphatic carbocycles. The summed E-state index contributed by atoms with van der Waals surface area (Å²) in [7, 11) is 0. The third-order valence-electron chi connectivity index (χ3n) is 5.44. The second kappa shape index (κ2) is 9.44. The zero-order valence-corrected chi connectivity index (χ0v) is 18.4. The number of amides is 1. The van der Waals surface area contributed by atoms with E-state index in [2.05, 4.69) is 25.6 Å². The lowest BCUT2D eigenvalue weighted by molar-refractivity contribution is 0.0696. The molecule has 3 heterocycles. The molecular weight excluding hydrogens is 444 g/mol. The van der Waals surface area contributed by atoms with Crippen molar-refractivity contribution in [2.75, 3.05) is 5.32 Å². The number of carbonyl (C=O) groups excluding carboxylic acids is 1. The Bertz CT molecular complexity index is 1500. The van der Waals surface area contributed by atoms with Crippen LogP contribution in [-0.4, -0.2) is 36.3 Å².